The summed E-state index contributed by atoms with van der Waals surface area (Å²) in [5.74, 6) is -0.0830. The summed E-state index contributed by atoms with van der Waals surface area (Å²) in [6, 6.07) is 18.8. The highest BCUT2D eigenvalue weighted by Crippen LogP contribution is 2.33. The number of hydrogen-bond acceptors (Lipinski definition) is 3. The van der Waals surface area contributed by atoms with E-state index in [0.29, 0.717) is 12.1 Å². The van der Waals surface area contributed by atoms with Crippen molar-refractivity contribution in [3.05, 3.63) is 71.8 Å². The van der Waals surface area contributed by atoms with Gasteiger partial charge in [0, 0.05) is 18.3 Å². The first kappa shape index (κ1) is 16.9. The van der Waals surface area contributed by atoms with Gasteiger partial charge in [0.25, 0.3) is 0 Å². The van der Waals surface area contributed by atoms with Gasteiger partial charge in [-0.05, 0) is 42.7 Å². The maximum Gasteiger partial charge on any atom is 0.244 e. The molecule has 0 aromatic heterocycles. The first-order valence-electron chi connectivity index (χ1n) is 9.21. The van der Waals surface area contributed by atoms with Crippen LogP contribution in [-0.4, -0.2) is 31.2 Å². The van der Waals surface area contributed by atoms with Crippen molar-refractivity contribution in [3.8, 4) is 0 Å². The number of anilines is 1. The Hall–Kier alpha value is -2.59. The fraction of sp³-hybridized carbons (Fsp3) is 0.318. The van der Waals surface area contributed by atoms with E-state index >= 15 is 0 Å². The van der Waals surface area contributed by atoms with E-state index in [1.54, 1.807) is 6.08 Å². The minimum absolute atomic E-state index is 0.0427. The Morgan fingerprint density at radius 3 is 2.81 bits per heavy atom. The number of fused-ring (bicyclic) bond motifs is 2. The lowest BCUT2D eigenvalue weighted by Gasteiger charge is -2.29. The van der Waals surface area contributed by atoms with E-state index in [9.17, 15) is 4.79 Å². The minimum Gasteiger partial charge on any atom is -0.374 e. The number of hydrogen-bond donors (Lipinski definition) is 1. The molecule has 2 fully saturated rings. The number of nitrogens with one attached hydrogen (secondary N) is 1. The summed E-state index contributed by atoms with van der Waals surface area (Å²) in [6.07, 6.45) is 4.93. The van der Waals surface area contributed by atoms with Gasteiger partial charge in [0.15, 0.2) is 0 Å². The summed E-state index contributed by atoms with van der Waals surface area (Å²) in [7, 11) is 0. The van der Waals surface area contributed by atoms with Crippen LogP contribution in [0.4, 0.5) is 5.69 Å². The Labute approximate surface area is 154 Å². The minimum atomic E-state index is -0.0830. The van der Waals surface area contributed by atoms with Crippen LogP contribution >= 0.6 is 0 Å². The van der Waals surface area contributed by atoms with Crippen molar-refractivity contribution in [2.45, 2.75) is 31.5 Å². The van der Waals surface area contributed by atoms with Crippen molar-refractivity contribution in [2.75, 3.05) is 18.1 Å². The molecule has 2 saturated heterocycles. The van der Waals surface area contributed by atoms with Crippen LogP contribution < -0.4 is 10.2 Å². The molecule has 1 amide bonds. The number of rotatable bonds is 5. The van der Waals surface area contributed by atoms with E-state index in [1.165, 1.54) is 5.69 Å². The normalized spacial score (nSPS) is 22.7. The largest absolute Gasteiger partial charge is 0.374 e. The zero-order valence-electron chi connectivity index (χ0n) is 15.0. The third-order valence-electron chi connectivity index (χ3n) is 5.19. The Morgan fingerprint density at radius 2 is 2.08 bits per heavy atom. The van der Waals surface area contributed by atoms with Crippen LogP contribution in [0, 0.1) is 0 Å². The Morgan fingerprint density at radius 1 is 1.23 bits per heavy atom. The second-order valence-corrected chi connectivity index (χ2v) is 7.07. The third-order valence-corrected chi connectivity index (χ3v) is 5.19. The number of carbonyl (C=O) groups is 1. The molecule has 2 aliphatic rings. The molecule has 4 nitrogen and oxygen atoms in total. The zero-order chi connectivity index (χ0) is 17.9. The van der Waals surface area contributed by atoms with Gasteiger partial charge < -0.3 is 15.0 Å². The van der Waals surface area contributed by atoms with E-state index in [2.05, 4.69) is 34.5 Å². The lowest BCUT2D eigenvalue weighted by atomic mass is 10.1. The van der Waals surface area contributed by atoms with E-state index in [0.717, 1.165) is 30.7 Å². The van der Waals surface area contributed by atoms with Gasteiger partial charge in [-0.25, -0.2) is 0 Å². The summed E-state index contributed by atoms with van der Waals surface area (Å²) < 4.78 is 5.69. The lowest BCUT2D eigenvalue weighted by Crippen LogP contribution is -2.37. The van der Waals surface area contributed by atoms with Crippen molar-refractivity contribution in [3.63, 3.8) is 0 Å². The molecule has 0 spiro atoms. The standard InChI is InChI=1S/C22H24N2O2/c1-16(23-22(25)11-10-17-6-3-2-4-7-17)18-8-5-9-19(12-18)24-14-21-13-20(24)15-26-21/h2-12,16,20-21H,13-15H2,1H3,(H,23,25)/b11-10+/t16-,20?,21?/m0/s1. The highest BCUT2D eigenvalue weighted by molar-refractivity contribution is 5.92. The van der Waals surface area contributed by atoms with Crippen molar-refractivity contribution in [1.29, 1.82) is 0 Å². The SMILES string of the molecule is C[C@H](NC(=O)/C=C/c1ccccc1)c1cccc(N2CC3CC2CO3)c1. The van der Waals surface area contributed by atoms with Crippen LogP contribution in [0.25, 0.3) is 6.08 Å². The topological polar surface area (TPSA) is 41.6 Å². The average Bonchev–Trinajstić information content (AvgIpc) is 3.31. The molecular weight excluding hydrogens is 324 g/mol. The van der Waals surface area contributed by atoms with Crippen LogP contribution in [0.3, 0.4) is 0 Å². The highest BCUT2D eigenvalue weighted by atomic mass is 16.5. The predicted octanol–water partition coefficient (Wildman–Crippen LogP) is 3.55. The van der Waals surface area contributed by atoms with Crippen LogP contribution in [0.1, 0.15) is 30.5 Å². The van der Waals surface area contributed by atoms with Gasteiger partial charge in [-0.2, -0.15) is 0 Å². The molecule has 26 heavy (non-hydrogen) atoms. The quantitative estimate of drug-likeness (QED) is 0.840. The summed E-state index contributed by atoms with van der Waals surface area (Å²) in [5.41, 5.74) is 3.36. The van der Waals surface area contributed by atoms with E-state index in [1.807, 2.05) is 43.3 Å². The van der Waals surface area contributed by atoms with Crippen LogP contribution in [0.2, 0.25) is 0 Å². The molecule has 2 aromatic rings. The van der Waals surface area contributed by atoms with E-state index < -0.39 is 0 Å². The van der Waals surface area contributed by atoms with Gasteiger partial charge >= 0.3 is 0 Å². The number of ether oxygens (including phenoxy) is 1. The van der Waals surface area contributed by atoms with Crippen molar-refractivity contribution in [1.82, 2.24) is 5.32 Å². The molecule has 1 N–H and O–H groups in total. The van der Waals surface area contributed by atoms with Gasteiger partial charge in [-0.1, -0.05) is 42.5 Å². The Kier molecular flexibility index (Phi) is 4.76. The predicted molar refractivity (Wildman–Crippen MR) is 104 cm³/mol. The lowest BCUT2D eigenvalue weighted by molar-refractivity contribution is -0.117. The molecule has 0 radical (unpaired) electrons. The molecule has 2 bridgehead atoms. The fourth-order valence-corrected chi connectivity index (χ4v) is 3.77. The van der Waals surface area contributed by atoms with Crippen molar-refractivity contribution in [2.24, 2.45) is 0 Å². The van der Waals surface area contributed by atoms with E-state index in [-0.39, 0.29) is 11.9 Å². The molecule has 0 saturated carbocycles. The number of morpholine rings is 1. The fourth-order valence-electron chi connectivity index (χ4n) is 3.77. The van der Waals surface area contributed by atoms with Gasteiger partial charge in [0.05, 0.1) is 24.8 Å². The Bertz CT molecular complexity index is 803. The summed E-state index contributed by atoms with van der Waals surface area (Å²) >= 11 is 0. The first-order chi connectivity index (χ1) is 12.7. The summed E-state index contributed by atoms with van der Waals surface area (Å²) in [5, 5.41) is 3.05. The van der Waals surface area contributed by atoms with Crippen molar-refractivity contribution >= 4 is 17.7 Å². The van der Waals surface area contributed by atoms with Crippen LogP contribution in [0.5, 0.6) is 0 Å². The number of benzene rings is 2. The summed E-state index contributed by atoms with van der Waals surface area (Å²) in [4.78, 5) is 14.7. The highest BCUT2D eigenvalue weighted by Gasteiger charge is 2.39. The molecule has 134 valence electrons. The molecule has 2 aromatic carbocycles. The monoisotopic (exact) mass is 348 g/mol. The molecule has 2 heterocycles. The van der Waals surface area contributed by atoms with Crippen LogP contribution in [-0.2, 0) is 9.53 Å². The second kappa shape index (κ2) is 7.34. The van der Waals surface area contributed by atoms with Crippen molar-refractivity contribution < 1.29 is 9.53 Å². The maximum absolute atomic E-state index is 12.2. The smallest absolute Gasteiger partial charge is 0.244 e. The van der Waals surface area contributed by atoms with E-state index in [4.69, 9.17) is 4.74 Å². The maximum atomic E-state index is 12.2. The molecular formula is C22H24N2O2. The molecule has 4 rings (SSSR count). The number of nitrogens with zero attached hydrogens (tertiary/aromatic N) is 1. The number of amides is 1. The van der Waals surface area contributed by atoms with Crippen LogP contribution in [0.15, 0.2) is 60.7 Å². The molecule has 2 unspecified atom stereocenters. The second-order valence-electron chi connectivity index (χ2n) is 7.07. The Balaban J connectivity index is 1.40. The van der Waals surface area contributed by atoms with Gasteiger partial charge in [0.2, 0.25) is 5.91 Å². The third kappa shape index (κ3) is 3.65. The van der Waals surface area contributed by atoms with Gasteiger partial charge in [-0.3, -0.25) is 4.79 Å². The van der Waals surface area contributed by atoms with Gasteiger partial charge in [0.1, 0.15) is 0 Å². The average molecular weight is 348 g/mol. The summed E-state index contributed by atoms with van der Waals surface area (Å²) in [6.45, 7) is 3.81. The molecule has 4 heteroatoms. The first-order valence-corrected chi connectivity index (χ1v) is 9.21. The zero-order valence-corrected chi connectivity index (χ0v) is 15.0. The van der Waals surface area contributed by atoms with Gasteiger partial charge in [-0.15, -0.1) is 0 Å². The molecule has 3 atom stereocenters. The molecule has 0 aliphatic carbocycles. The molecule has 2 aliphatic heterocycles. The number of carbonyl (C=O) groups excluding carboxylic acids is 1.